The van der Waals surface area contributed by atoms with Crippen molar-refractivity contribution in [2.45, 2.75) is 19.4 Å². The Hall–Kier alpha value is -2.37. The van der Waals surface area contributed by atoms with Gasteiger partial charge in [0.15, 0.2) is 0 Å². The molecular formula is C15H19NO5. The van der Waals surface area contributed by atoms with E-state index in [1.807, 2.05) is 0 Å². The van der Waals surface area contributed by atoms with Crippen LogP contribution in [0.3, 0.4) is 0 Å². The fraction of sp³-hybridized carbons (Fsp3) is 0.400. The monoisotopic (exact) mass is 293 g/mol. The number of carbonyl (C=O) groups excluding carboxylic acids is 3. The van der Waals surface area contributed by atoms with Crippen molar-refractivity contribution >= 4 is 17.8 Å². The van der Waals surface area contributed by atoms with Crippen LogP contribution in [-0.4, -0.2) is 38.1 Å². The zero-order valence-corrected chi connectivity index (χ0v) is 12.3. The summed E-state index contributed by atoms with van der Waals surface area (Å²) in [6.45, 7) is 1.62. The molecule has 1 aromatic carbocycles. The van der Waals surface area contributed by atoms with Crippen molar-refractivity contribution in [1.29, 1.82) is 0 Å². The lowest BCUT2D eigenvalue weighted by Gasteiger charge is -2.19. The highest BCUT2D eigenvalue weighted by atomic mass is 16.5. The highest BCUT2D eigenvalue weighted by Gasteiger charge is 2.27. The number of benzene rings is 1. The predicted molar refractivity (Wildman–Crippen MR) is 75.5 cm³/mol. The Morgan fingerprint density at radius 2 is 1.62 bits per heavy atom. The van der Waals surface area contributed by atoms with Gasteiger partial charge in [-0.2, -0.15) is 0 Å². The maximum Gasteiger partial charge on any atom is 0.328 e. The molecule has 0 saturated carbocycles. The Kier molecular flexibility index (Phi) is 6.39. The minimum absolute atomic E-state index is 0.109. The molecule has 0 heterocycles. The topological polar surface area (TPSA) is 81.7 Å². The lowest BCUT2D eigenvalue weighted by atomic mass is 10.0. The van der Waals surface area contributed by atoms with Crippen molar-refractivity contribution in [3.63, 3.8) is 0 Å². The van der Waals surface area contributed by atoms with E-state index in [9.17, 15) is 14.4 Å². The molecule has 0 bridgehead atoms. The van der Waals surface area contributed by atoms with Gasteiger partial charge in [0, 0.05) is 5.56 Å². The normalized spacial score (nSPS) is 12.9. The number of methoxy groups -OCH3 is 2. The minimum Gasteiger partial charge on any atom is -0.469 e. The van der Waals surface area contributed by atoms with Crippen molar-refractivity contribution < 1.29 is 23.9 Å². The first-order valence-electron chi connectivity index (χ1n) is 6.51. The van der Waals surface area contributed by atoms with E-state index in [2.05, 4.69) is 14.8 Å². The molecule has 114 valence electrons. The van der Waals surface area contributed by atoms with Gasteiger partial charge in [-0.1, -0.05) is 25.1 Å². The third-order valence-electron chi connectivity index (χ3n) is 3.02. The Morgan fingerprint density at radius 1 is 1.05 bits per heavy atom. The number of carbonyl (C=O) groups is 3. The number of esters is 2. The van der Waals surface area contributed by atoms with Gasteiger partial charge in [0.05, 0.1) is 20.1 Å². The first kappa shape index (κ1) is 16.7. The number of ether oxygens (including phenoxy) is 2. The summed E-state index contributed by atoms with van der Waals surface area (Å²) in [5.74, 6) is -1.98. The van der Waals surface area contributed by atoms with Gasteiger partial charge in [0.25, 0.3) is 5.91 Å². The first-order chi connectivity index (χ1) is 9.99. The third kappa shape index (κ3) is 4.91. The predicted octanol–water partition coefficient (Wildman–Crippen LogP) is 1.16. The molecule has 0 radical (unpaired) electrons. The van der Waals surface area contributed by atoms with Crippen LogP contribution in [0.5, 0.6) is 0 Å². The summed E-state index contributed by atoms with van der Waals surface area (Å²) >= 11 is 0. The fourth-order valence-corrected chi connectivity index (χ4v) is 1.84. The molecular weight excluding hydrogens is 274 g/mol. The second kappa shape index (κ2) is 8.04. The van der Waals surface area contributed by atoms with E-state index in [0.717, 1.165) is 0 Å². The van der Waals surface area contributed by atoms with Gasteiger partial charge in [-0.25, -0.2) is 4.79 Å². The van der Waals surface area contributed by atoms with Gasteiger partial charge in [-0.15, -0.1) is 0 Å². The summed E-state index contributed by atoms with van der Waals surface area (Å²) < 4.78 is 9.27. The molecule has 1 rings (SSSR count). The van der Waals surface area contributed by atoms with Crippen LogP contribution in [-0.2, 0) is 19.1 Å². The molecule has 0 aliphatic carbocycles. The first-order valence-corrected chi connectivity index (χ1v) is 6.51. The van der Waals surface area contributed by atoms with Crippen LogP contribution in [0.4, 0.5) is 0 Å². The Morgan fingerprint density at radius 3 is 2.14 bits per heavy atom. The van der Waals surface area contributed by atoms with Crippen molar-refractivity contribution in [3.8, 4) is 0 Å². The van der Waals surface area contributed by atoms with Crippen LogP contribution >= 0.6 is 0 Å². The van der Waals surface area contributed by atoms with E-state index in [1.54, 1.807) is 37.3 Å². The van der Waals surface area contributed by atoms with Crippen molar-refractivity contribution in [2.75, 3.05) is 14.2 Å². The Labute approximate surface area is 123 Å². The molecule has 6 nitrogen and oxygen atoms in total. The van der Waals surface area contributed by atoms with Gasteiger partial charge in [-0.3, -0.25) is 9.59 Å². The molecule has 0 saturated heterocycles. The lowest BCUT2D eigenvalue weighted by molar-refractivity contribution is -0.147. The maximum absolute atomic E-state index is 12.1. The van der Waals surface area contributed by atoms with E-state index in [1.165, 1.54) is 14.2 Å². The standard InChI is InChI=1S/C15H19NO5/c1-10(14(18)20-2)9-12(15(19)21-3)16-13(17)11-7-5-4-6-8-11/h4-8,10,12H,9H2,1-3H3,(H,16,17)/t10-,12-/m1/s1. The molecule has 0 fully saturated rings. The van der Waals surface area contributed by atoms with Gasteiger partial charge in [-0.05, 0) is 18.6 Å². The average Bonchev–Trinajstić information content (AvgIpc) is 2.53. The molecule has 0 spiro atoms. The van der Waals surface area contributed by atoms with Crippen LogP contribution in [0.15, 0.2) is 30.3 Å². The maximum atomic E-state index is 12.1. The molecule has 21 heavy (non-hydrogen) atoms. The molecule has 1 aromatic rings. The Balaban J connectivity index is 2.77. The molecule has 2 atom stereocenters. The van der Waals surface area contributed by atoms with Crippen molar-refractivity contribution in [2.24, 2.45) is 5.92 Å². The summed E-state index contributed by atoms with van der Waals surface area (Å²) in [5, 5.41) is 2.57. The minimum atomic E-state index is -0.906. The van der Waals surface area contributed by atoms with Gasteiger partial charge in [0.1, 0.15) is 6.04 Å². The van der Waals surface area contributed by atoms with Crippen LogP contribution in [0.25, 0.3) is 0 Å². The molecule has 0 aromatic heterocycles. The van der Waals surface area contributed by atoms with Crippen LogP contribution in [0.1, 0.15) is 23.7 Å². The Bertz CT molecular complexity index is 500. The van der Waals surface area contributed by atoms with Gasteiger partial charge >= 0.3 is 11.9 Å². The zero-order chi connectivity index (χ0) is 15.8. The summed E-state index contributed by atoms with van der Waals surface area (Å²) in [5.41, 5.74) is 0.428. The number of hydrogen-bond acceptors (Lipinski definition) is 5. The van der Waals surface area contributed by atoms with Crippen molar-refractivity contribution in [1.82, 2.24) is 5.32 Å². The smallest absolute Gasteiger partial charge is 0.328 e. The summed E-state index contributed by atoms with van der Waals surface area (Å²) in [6.07, 6.45) is 0.109. The number of nitrogens with one attached hydrogen (secondary N) is 1. The number of amides is 1. The summed E-state index contributed by atoms with van der Waals surface area (Å²) in [4.78, 5) is 35.2. The quantitative estimate of drug-likeness (QED) is 0.796. The molecule has 0 unspecified atom stereocenters. The third-order valence-corrected chi connectivity index (χ3v) is 3.02. The van der Waals surface area contributed by atoms with Crippen LogP contribution < -0.4 is 5.32 Å². The molecule has 6 heteroatoms. The molecule has 0 aliphatic rings. The summed E-state index contributed by atoms with van der Waals surface area (Å²) in [6, 6.07) is 7.59. The molecule has 1 amide bonds. The van der Waals surface area contributed by atoms with E-state index >= 15 is 0 Å². The zero-order valence-electron chi connectivity index (χ0n) is 12.3. The highest BCUT2D eigenvalue weighted by molar-refractivity contribution is 5.96. The van der Waals surface area contributed by atoms with Gasteiger partial charge in [0.2, 0.25) is 0 Å². The largest absolute Gasteiger partial charge is 0.469 e. The van der Waals surface area contributed by atoms with E-state index in [-0.39, 0.29) is 6.42 Å². The van der Waals surface area contributed by atoms with E-state index in [4.69, 9.17) is 0 Å². The number of hydrogen-bond donors (Lipinski definition) is 1. The number of rotatable bonds is 6. The highest BCUT2D eigenvalue weighted by Crippen LogP contribution is 2.10. The second-order valence-electron chi connectivity index (χ2n) is 4.58. The SMILES string of the molecule is COC(=O)[C@H](C)C[C@@H](NC(=O)c1ccccc1)C(=O)OC. The molecule has 1 N–H and O–H groups in total. The summed E-state index contributed by atoms with van der Waals surface area (Å²) in [7, 11) is 2.50. The lowest BCUT2D eigenvalue weighted by Crippen LogP contribution is -2.43. The van der Waals surface area contributed by atoms with Crippen molar-refractivity contribution in [3.05, 3.63) is 35.9 Å². The van der Waals surface area contributed by atoms with Crippen LogP contribution in [0, 0.1) is 5.92 Å². The average molecular weight is 293 g/mol. The van der Waals surface area contributed by atoms with E-state index < -0.39 is 29.8 Å². The van der Waals surface area contributed by atoms with Crippen LogP contribution in [0.2, 0.25) is 0 Å². The fourth-order valence-electron chi connectivity index (χ4n) is 1.84. The van der Waals surface area contributed by atoms with E-state index in [0.29, 0.717) is 5.56 Å². The second-order valence-corrected chi connectivity index (χ2v) is 4.58. The van der Waals surface area contributed by atoms with Gasteiger partial charge < -0.3 is 14.8 Å². The molecule has 0 aliphatic heterocycles.